The monoisotopic (exact) mass is 450 g/mol. The maximum absolute atomic E-state index is 12.2. The fourth-order valence-corrected chi connectivity index (χ4v) is 5.60. The van der Waals surface area contributed by atoms with Crippen molar-refractivity contribution >= 4 is 5.91 Å². The van der Waals surface area contributed by atoms with E-state index in [1.165, 1.54) is 18.4 Å². The van der Waals surface area contributed by atoms with Gasteiger partial charge in [0.25, 0.3) is 0 Å². The fraction of sp³-hybridized carbons (Fsp3) is 0.536. The summed E-state index contributed by atoms with van der Waals surface area (Å²) >= 11 is 0. The molecule has 0 aromatic heterocycles. The van der Waals surface area contributed by atoms with Crippen molar-refractivity contribution in [3.8, 4) is 5.75 Å². The highest BCUT2D eigenvalue weighted by Gasteiger charge is 2.39. The summed E-state index contributed by atoms with van der Waals surface area (Å²) in [6.45, 7) is 8.15. The first-order chi connectivity index (χ1) is 15.8. The van der Waals surface area contributed by atoms with Gasteiger partial charge in [-0.2, -0.15) is 0 Å². The molecule has 0 spiro atoms. The van der Waals surface area contributed by atoms with Gasteiger partial charge in [0.05, 0.1) is 6.54 Å². The molecule has 0 radical (unpaired) electrons. The molecule has 1 heterocycles. The molecule has 0 bridgehead atoms. The highest BCUT2D eigenvalue weighted by atomic mass is 16.5. The van der Waals surface area contributed by atoms with Crippen LogP contribution >= 0.6 is 0 Å². The van der Waals surface area contributed by atoms with Crippen LogP contribution in [0.1, 0.15) is 55.2 Å². The molecular weight excluding hydrogens is 412 g/mol. The number of β-amino-alcohol motifs (C(OH)–C–C–N with tert-alkyl or cyclic N) is 1. The molecule has 2 aromatic rings. The number of hydrogen-bond donors (Lipinski definition) is 1. The summed E-state index contributed by atoms with van der Waals surface area (Å²) < 4.78 is 6.09. The Balaban J connectivity index is 1.43. The quantitative estimate of drug-likeness (QED) is 0.738. The van der Waals surface area contributed by atoms with Gasteiger partial charge in [-0.15, -0.1) is 0 Å². The lowest BCUT2D eigenvalue weighted by molar-refractivity contribution is -0.132. The molecule has 2 aromatic carbocycles. The molecule has 33 heavy (non-hydrogen) atoms. The largest absolute Gasteiger partial charge is 0.490 e. The number of aryl methyl sites for hydroxylation is 2. The fourth-order valence-electron chi connectivity index (χ4n) is 5.60. The second-order valence-electron chi connectivity index (χ2n) is 10.2. The van der Waals surface area contributed by atoms with Gasteiger partial charge in [-0.25, -0.2) is 0 Å². The van der Waals surface area contributed by atoms with Crippen molar-refractivity contribution in [2.24, 2.45) is 0 Å². The number of ether oxygens (including phenoxy) is 1. The van der Waals surface area contributed by atoms with E-state index in [-0.39, 0.29) is 12.5 Å². The minimum Gasteiger partial charge on any atom is -0.490 e. The number of carbonyl (C=O) groups is 1. The third-order valence-corrected chi connectivity index (χ3v) is 7.27. The van der Waals surface area contributed by atoms with E-state index in [4.69, 9.17) is 4.74 Å². The molecule has 2 aliphatic rings. The topological polar surface area (TPSA) is 53.0 Å². The summed E-state index contributed by atoms with van der Waals surface area (Å²) in [5, 5.41) is 11.6. The van der Waals surface area contributed by atoms with E-state index in [2.05, 4.69) is 41.3 Å². The second kappa shape index (κ2) is 10.3. The normalized spacial score (nSPS) is 26.6. The van der Waals surface area contributed by atoms with Crippen LogP contribution in [0.25, 0.3) is 0 Å². The van der Waals surface area contributed by atoms with Crippen LogP contribution in [0.3, 0.4) is 0 Å². The SMILES string of the molecule is CC(=O)N1CCN(C2CCC(c3ccccc3)CC2)CC(O)(COc2cc(C)cc(C)c2)C1. The highest BCUT2D eigenvalue weighted by molar-refractivity contribution is 5.73. The van der Waals surface area contributed by atoms with Crippen LogP contribution in [-0.2, 0) is 4.79 Å². The van der Waals surface area contributed by atoms with Crippen LogP contribution in [-0.4, -0.2) is 65.2 Å². The molecule has 1 atom stereocenters. The molecule has 1 aliphatic heterocycles. The predicted molar refractivity (Wildman–Crippen MR) is 132 cm³/mol. The van der Waals surface area contributed by atoms with Crippen molar-refractivity contribution in [2.75, 3.05) is 32.8 Å². The van der Waals surface area contributed by atoms with E-state index in [1.54, 1.807) is 11.8 Å². The Bertz CT molecular complexity index is 919. The maximum atomic E-state index is 12.2. The Labute approximate surface area is 198 Å². The van der Waals surface area contributed by atoms with Gasteiger partial charge in [0.15, 0.2) is 0 Å². The lowest BCUT2D eigenvalue weighted by Crippen LogP contribution is -2.53. The van der Waals surface area contributed by atoms with Gasteiger partial charge in [-0.1, -0.05) is 36.4 Å². The summed E-state index contributed by atoms with van der Waals surface area (Å²) in [6.07, 6.45) is 4.57. The van der Waals surface area contributed by atoms with Gasteiger partial charge in [0.2, 0.25) is 5.91 Å². The third-order valence-electron chi connectivity index (χ3n) is 7.27. The van der Waals surface area contributed by atoms with Crippen molar-refractivity contribution in [3.05, 3.63) is 65.2 Å². The standard InChI is InChI=1S/C28H38N2O3/c1-21-15-22(2)17-27(16-21)33-20-28(32)18-29(23(3)31)13-14-30(19-28)26-11-9-25(10-12-26)24-7-5-4-6-8-24/h4-8,15-17,25-26,32H,9-14,18-20H2,1-3H3. The number of carbonyl (C=O) groups excluding carboxylic acids is 1. The van der Waals surface area contributed by atoms with Gasteiger partial charge < -0.3 is 14.7 Å². The number of amides is 1. The Kier molecular flexibility index (Phi) is 7.40. The number of benzene rings is 2. The maximum Gasteiger partial charge on any atom is 0.219 e. The molecule has 1 amide bonds. The Morgan fingerprint density at radius 2 is 1.67 bits per heavy atom. The Hall–Kier alpha value is -2.37. The Morgan fingerprint density at radius 3 is 2.30 bits per heavy atom. The van der Waals surface area contributed by atoms with Crippen LogP contribution in [0.4, 0.5) is 0 Å². The van der Waals surface area contributed by atoms with Crippen LogP contribution in [0.15, 0.2) is 48.5 Å². The van der Waals surface area contributed by atoms with Gasteiger partial charge in [-0.3, -0.25) is 9.69 Å². The van der Waals surface area contributed by atoms with E-state index in [1.807, 2.05) is 26.0 Å². The molecule has 1 aliphatic carbocycles. The smallest absolute Gasteiger partial charge is 0.219 e. The van der Waals surface area contributed by atoms with Crippen molar-refractivity contribution < 1.29 is 14.6 Å². The third kappa shape index (κ3) is 6.15. The first kappa shape index (κ1) is 23.8. The summed E-state index contributed by atoms with van der Waals surface area (Å²) in [5.41, 5.74) is 2.61. The second-order valence-corrected chi connectivity index (χ2v) is 10.2. The average Bonchev–Trinajstić information content (AvgIpc) is 2.98. The lowest BCUT2D eigenvalue weighted by Gasteiger charge is -2.39. The minimum atomic E-state index is -1.10. The van der Waals surface area contributed by atoms with E-state index in [0.29, 0.717) is 31.6 Å². The molecule has 1 unspecified atom stereocenters. The van der Waals surface area contributed by atoms with Gasteiger partial charge in [0, 0.05) is 32.6 Å². The van der Waals surface area contributed by atoms with E-state index in [0.717, 1.165) is 36.3 Å². The summed E-state index contributed by atoms with van der Waals surface area (Å²) in [5.74, 6) is 1.40. The van der Waals surface area contributed by atoms with E-state index < -0.39 is 5.60 Å². The van der Waals surface area contributed by atoms with Crippen LogP contribution in [0.2, 0.25) is 0 Å². The molecular formula is C28H38N2O3. The van der Waals surface area contributed by atoms with E-state index in [9.17, 15) is 9.90 Å². The minimum absolute atomic E-state index is 0.00876. The molecule has 5 heteroatoms. The highest BCUT2D eigenvalue weighted by Crippen LogP contribution is 2.35. The number of rotatable bonds is 5. The molecule has 1 N–H and O–H groups in total. The van der Waals surface area contributed by atoms with Crippen LogP contribution in [0.5, 0.6) is 5.75 Å². The molecule has 178 valence electrons. The van der Waals surface area contributed by atoms with Crippen molar-refractivity contribution in [1.29, 1.82) is 0 Å². The summed E-state index contributed by atoms with van der Waals surface area (Å²) in [6, 6.07) is 17.4. The van der Waals surface area contributed by atoms with E-state index >= 15 is 0 Å². The molecule has 5 nitrogen and oxygen atoms in total. The van der Waals surface area contributed by atoms with Gasteiger partial charge in [0.1, 0.15) is 18.0 Å². The predicted octanol–water partition coefficient (Wildman–Crippen LogP) is 4.30. The first-order valence-corrected chi connectivity index (χ1v) is 12.3. The molecule has 2 fully saturated rings. The number of hydrogen-bond acceptors (Lipinski definition) is 4. The Morgan fingerprint density at radius 1 is 1.00 bits per heavy atom. The first-order valence-electron chi connectivity index (χ1n) is 12.3. The van der Waals surface area contributed by atoms with Crippen molar-refractivity contribution in [2.45, 2.75) is 64.0 Å². The zero-order chi connectivity index (χ0) is 23.4. The number of nitrogens with zero attached hydrogens (tertiary/aromatic N) is 2. The van der Waals surface area contributed by atoms with Crippen LogP contribution in [0, 0.1) is 13.8 Å². The van der Waals surface area contributed by atoms with Gasteiger partial charge >= 0.3 is 0 Å². The summed E-state index contributed by atoms with van der Waals surface area (Å²) in [4.78, 5) is 16.4. The molecule has 4 rings (SSSR count). The average molecular weight is 451 g/mol. The number of aliphatic hydroxyl groups is 1. The molecule has 1 saturated heterocycles. The zero-order valence-corrected chi connectivity index (χ0v) is 20.3. The van der Waals surface area contributed by atoms with Gasteiger partial charge in [-0.05, 0) is 74.3 Å². The van der Waals surface area contributed by atoms with Crippen LogP contribution < -0.4 is 4.74 Å². The lowest BCUT2D eigenvalue weighted by atomic mass is 9.81. The van der Waals surface area contributed by atoms with Crippen molar-refractivity contribution in [3.63, 3.8) is 0 Å². The zero-order valence-electron chi connectivity index (χ0n) is 20.3. The van der Waals surface area contributed by atoms with Crippen molar-refractivity contribution in [1.82, 2.24) is 9.80 Å². The molecule has 1 saturated carbocycles. The summed E-state index contributed by atoms with van der Waals surface area (Å²) in [7, 11) is 0.